The molecule has 0 aliphatic rings. The molecule has 0 bridgehead atoms. The average molecular weight is 312 g/mol. The Balaban J connectivity index is 2.37. The summed E-state index contributed by atoms with van der Waals surface area (Å²) in [7, 11) is 7.26. The van der Waals surface area contributed by atoms with Crippen LogP contribution in [0.1, 0.15) is 6.42 Å². The average Bonchev–Trinajstić information content (AvgIpc) is 2.46. The molecule has 0 saturated heterocycles. The summed E-state index contributed by atoms with van der Waals surface area (Å²) in [5, 5.41) is 2.86. The second-order valence-electron chi connectivity index (χ2n) is 4.83. The molecule has 0 saturated carbocycles. The van der Waals surface area contributed by atoms with E-state index < -0.39 is 0 Å². The van der Waals surface area contributed by atoms with Crippen LogP contribution in [0.25, 0.3) is 0 Å². The van der Waals surface area contributed by atoms with Gasteiger partial charge in [0.05, 0.1) is 20.0 Å². The predicted molar refractivity (Wildman–Crippen MR) is 88.7 cm³/mol. The van der Waals surface area contributed by atoms with Crippen molar-refractivity contribution in [3.05, 3.63) is 18.2 Å². The summed E-state index contributed by atoms with van der Waals surface area (Å²) in [5.41, 5.74) is 0.714. The number of amides is 1. The SMILES string of the molecule is COc1ccc(NC(=O)CSCCCN(C)C)cc1OC. The minimum absolute atomic E-state index is 0.00271. The van der Waals surface area contributed by atoms with Gasteiger partial charge in [-0.1, -0.05) is 0 Å². The van der Waals surface area contributed by atoms with Crippen LogP contribution in [0.3, 0.4) is 0 Å². The van der Waals surface area contributed by atoms with Gasteiger partial charge in [-0.3, -0.25) is 4.79 Å². The van der Waals surface area contributed by atoms with Crippen molar-refractivity contribution in [2.45, 2.75) is 6.42 Å². The van der Waals surface area contributed by atoms with E-state index in [9.17, 15) is 4.79 Å². The van der Waals surface area contributed by atoms with Gasteiger partial charge < -0.3 is 19.7 Å². The van der Waals surface area contributed by atoms with Gasteiger partial charge in [-0.2, -0.15) is 11.8 Å². The van der Waals surface area contributed by atoms with Crippen molar-refractivity contribution in [3.63, 3.8) is 0 Å². The monoisotopic (exact) mass is 312 g/mol. The summed E-state index contributed by atoms with van der Waals surface area (Å²) in [6.07, 6.45) is 1.08. The fourth-order valence-electron chi connectivity index (χ4n) is 1.76. The van der Waals surface area contributed by atoms with Crippen LogP contribution in [0, 0.1) is 0 Å². The maximum Gasteiger partial charge on any atom is 0.234 e. The first kappa shape index (κ1) is 17.7. The lowest BCUT2D eigenvalue weighted by molar-refractivity contribution is -0.113. The zero-order valence-electron chi connectivity index (χ0n) is 13.1. The topological polar surface area (TPSA) is 50.8 Å². The Bertz CT molecular complexity index is 453. The molecule has 1 N–H and O–H groups in total. The largest absolute Gasteiger partial charge is 0.493 e. The molecule has 21 heavy (non-hydrogen) atoms. The minimum atomic E-state index is -0.00271. The van der Waals surface area contributed by atoms with E-state index in [0.717, 1.165) is 18.7 Å². The van der Waals surface area contributed by atoms with Crippen LogP contribution < -0.4 is 14.8 Å². The molecular formula is C15H24N2O3S. The molecule has 6 heteroatoms. The van der Waals surface area contributed by atoms with E-state index in [0.29, 0.717) is 22.9 Å². The molecule has 0 radical (unpaired) electrons. The molecule has 0 fully saturated rings. The molecule has 1 aromatic rings. The van der Waals surface area contributed by atoms with Crippen molar-refractivity contribution in [2.24, 2.45) is 0 Å². The number of nitrogens with zero attached hydrogens (tertiary/aromatic N) is 1. The molecule has 1 rings (SSSR count). The molecule has 5 nitrogen and oxygen atoms in total. The third-order valence-electron chi connectivity index (χ3n) is 2.79. The number of methoxy groups -OCH3 is 2. The number of carbonyl (C=O) groups excluding carboxylic acids is 1. The quantitative estimate of drug-likeness (QED) is 0.709. The van der Waals surface area contributed by atoms with Crippen molar-refractivity contribution in [1.29, 1.82) is 0 Å². The standard InChI is InChI=1S/C15H24N2O3S/c1-17(2)8-5-9-21-11-15(18)16-12-6-7-13(19-3)14(10-12)20-4/h6-7,10H,5,8-9,11H2,1-4H3,(H,16,18). The van der Waals surface area contributed by atoms with Gasteiger partial charge in [0, 0.05) is 11.8 Å². The van der Waals surface area contributed by atoms with Gasteiger partial charge >= 0.3 is 0 Å². The van der Waals surface area contributed by atoms with E-state index in [4.69, 9.17) is 9.47 Å². The van der Waals surface area contributed by atoms with Crippen molar-refractivity contribution >= 4 is 23.4 Å². The van der Waals surface area contributed by atoms with Crippen LogP contribution in [0.15, 0.2) is 18.2 Å². The van der Waals surface area contributed by atoms with Crippen molar-refractivity contribution in [2.75, 3.05) is 51.7 Å². The van der Waals surface area contributed by atoms with Crippen molar-refractivity contribution in [1.82, 2.24) is 4.90 Å². The lowest BCUT2D eigenvalue weighted by Gasteiger charge is -2.11. The summed E-state index contributed by atoms with van der Waals surface area (Å²) in [4.78, 5) is 14.0. The number of carbonyl (C=O) groups is 1. The zero-order chi connectivity index (χ0) is 15.7. The van der Waals surface area contributed by atoms with Crippen LogP contribution in [-0.4, -0.2) is 57.2 Å². The lowest BCUT2D eigenvalue weighted by Crippen LogP contribution is -2.16. The molecule has 0 aliphatic heterocycles. The van der Waals surface area contributed by atoms with Gasteiger partial charge in [-0.25, -0.2) is 0 Å². The number of ether oxygens (including phenoxy) is 2. The van der Waals surface area contributed by atoms with Gasteiger partial charge in [0.1, 0.15) is 0 Å². The maximum atomic E-state index is 11.8. The summed E-state index contributed by atoms with van der Waals surface area (Å²) in [6.45, 7) is 1.05. The van der Waals surface area contributed by atoms with Gasteiger partial charge in [0.2, 0.25) is 5.91 Å². The number of anilines is 1. The lowest BCUT2D eigenvalue weighted by atomic mass is 10.2. The van der Waals surface area contributed by atoms with E-state index in [1.807, 2.05) is 0 Å². The molecule has 0 aromatic heterocycles. The Kier molecular flexibility index (Phi) is 8.00. The number of rotatable bonds is 9. The van der Waals surface area contributed by atoms with Crippen LogP contribution in [-0.2, 0) is 4.79 Å². The highest BCUT2D eigenvalue weighted by Gasteiger charge is 2.07. The highest BCUT2D eigenvalue weighted by Crippen LogP contribution is 2.29. The first-order valence-corrected chi connectivity index (χ1v) is 7.96. The predicted octanol–water partition coefficient (Wildman–Crippen LogP) is 2.33. The Morgan fingerprint density at radius 2 is 1.95 bits per heavy atom. The van der Waals surface area contributed by atoms with Gasteiger partial charge in [0.15, 0.2) is 11.5 Å². The maximum absolute atomic E-state index is 11.8. The smallest absolute Gasteiger partial charge is 0.234 e. The number of benzene rings is 1. The Morgan fingerprint density at radius 3 is 2.57 bits per heavy atom. The summed E-state index contributed by atoms with van der Waals surface area (Å²) in [6, 6.07) is 5.34. The second-order valence-corrected chi connectivity index (χ2v) is 5.93. The van der Waals surface area contributed by atoms with Crippen LogP contribution >= 0.6 is 11.8 Å². The molecule has 0 aliphatic carbocycles. The normalized spacial score (nSPS) is 10.5. The van der Waals surface area contributed by atoms with Crippen LogP contribution in [0.4, 0.5) is 5.69 Å². The molecule has 0 spiro atoms. The highest BCUT2D eigenvalue weighted by molar-refractivity contribution is 7.99. The first-order valence-electron chi connectivity index (χ1n) is 6.81. The number of nitrogens with one attached hydrogen (secondary N) is 1. The second kappa shape index (κ2) is 9.52. The molecule has 1 amide bonds. The van der Waals surface area contributed by atoms with Crippen molar-refractivity contribution in [3.8, 4) is 11.5 Å². The zero-order valence-corrected chi connectivity index (χ0v) is 14.0. The van der Waals surface area contributed by atoms with E-state index in [-0.39, 0.29) is 5.91 Å². The third-order valence-corrected chi connectivity index (χ3v) is 3.84. The van der Waals surface area contributed by atoms with E-state index in [2.05, 4.69) is 24.3 Å². The Morgan fingerprint density at radius 1 is 1.24 bits per heavy atom. The molecule has 0 atom stereocenters. The van der Waals surface area contributed by atoms with Gasteiger partial charge in [0.25, 0.3) is 0 Å². The summed E-state index contributed by atoms with van der Waals surface area (Å²) in [5.74, 6) is 2.69. The van der Waals surface area contributed by atoms with Gasteiger partial charge in [-0.05, 0) is 44.9 Å². The van der Waals surface area contributed by atoms with E-state index in [1.165, 1.54) is 0 Å². The molecule has 118 valence electrons. The Hall–Kier alpha value is -1.40. The fourth-order valence-corrected chi connectivity index (χ4v) is 2.49. The summed E-state index contributed by atoms with van der Waals surface area (Å²) >= 11 is 1.65. The number of thioether (sulfide) groups is 1. The van der Waals surface area contributed by atoms with Crippen molar-refractivity contribution < 1.29 is 14.3 Å². The number of hydrogen-bond acceptors (Lipinski definition) is 5. The van der Waals surface area contributed by atoms with Crippen LogP contribution in [0.2, 0.25) is 0 Å². The highest BCUT2D eigenvalue weighted by atomic mass is 32.2. The molecular weight excluding hydrogens is 288 g/mol. The minimum Gasteiger partial charge on any atom is -0.493 e. The number of hydrogen-bond donors (Lipinski definition) is 1. The molecule has 0 heterocycles. The molecule has 1 aromatic carbocycles. The fraction of sp³-hybridized carbons (Fsp3) is 0.533. The first-order chi connectivity index (χ1) is 10.1. The summed E-state index contributed by atoms with van der Waals surface area (Å²) < 4.78 is 10.4. The van der Waals surface area contributed by atoms with Crippen LogP contribution in [0.5, 0.6) is 11.5 Å². The third kappa shape index (κ3) is 6.73. The Labute approximate surface area is 131 Å². The van der Waals surface area contributed by atoms with E-state index in [1.54, 1.807) is 44.2 Å². The van der Waals surface area contributed by atoms with E-state index >= 15 is 0 Å². The van der Waals surface area contributed by atoms with Gasteiger partial charge in [-0.15, -0.1) is 0 Å². The molecule has 0 unspecified atom stereocenters.